The van der Waals surface area contributed by atoms with Crippen LogP contribution in [-0.4, -0.2) is 26.7 Å². The first-order chi connectivity index (χ1) is 9.20. The van der Waals surface area contributed by atoms with E-state index >= 15 is 0 Å². The Kier molecular flexibility index (Phi) is 4.96. The maximum Gasteiger partial charge on any atom is 0.306 e. The van der Waals surface area contributed by atoms with Gasteiger partial charge in [-0.1, -0.05) is 6.92 Å². The van der Waals surface area contributed by atoms with Crippen LogP contribution in [-0.2, 0) is 22.7 Å². The molecule has 1 fully saturated rings. The largest absolute Gasteiger partial charge is 0.481 e. The van der Waals surface area contributed by atoms with Crippen molar-refractivity contribution in [3.63, 3.8) is 0 Å². The molecular formula is C14H22N2O3. The van der Waals surface area contributed by atoms with Gasteiger partial charge in [0.2, 0.25) is 0 Å². The van der Waals surface area contributed by atoms with Gasteiger partial charge in [-0.15, -0.1) is 0 Å². The van der Waals surface area contributed by atoms with Crippen LogP contribution in [0.2, 0.25) is 0 Å². The van der Waals surface area contributed by atoms with Crippen molar-refractivity contribution in [3.05, 3.63) is 18.2 Å². The Morgan fingerprint density at radius 1 is 1.47 bits per heavy atom. The van der Waals surface area contributed by atoms with Crippen LogP contribution >= 0.6 is 0 Å². The van der Waals surface area contributed by atoms with Crippen molar-refractivity contribution in [3.8, 4) is 0 Å². The zero-order valence-electron chi connectivity index (χ0n) is 11.4. The van der Waals surface area contributed by atoms with Gasteiger partial charge >= 0.3 is 5.97 Å². The van der Waals surface area contributed by atoms with Gasteiger partial charge in [-0.2, -0.15) is 0 Å². The topological polar surface area (TPSA) is 64.4 Å². The quantitative estimate of drug-likeness (QED) is 0.859. The third-order valence-corrected chi connectivity index (χ3v) is 3.75. The van der Waals surface area contributed by atoms with Crippen molar-refractivity contribution in [1.29, 1.82) is 0 Å². The molecule has 0 spiro atoms. The van der Waals surface area contributed by atoms with E-state index < -0.39 is 5.97 Å². The summed E-state index contributed by atoms with van der Waals surface area (Å²) in [7, 11) is 0. The van der Waals surface area contributed by atoms with Crippen molar-refractivity contribution in [2.45, 2.75) is 58.3 Å². The summed E-state index contributed by atoms with van der Waals surface area (Å²) in [6.45, 7) is 3.67. The molecule has 19 heavy (non-hydrogen) atoms. The molecule has 0 radical (unpaired) electrons. The summed E-state index contributed by atoms with van der Waals surface area (Å²) >= 11 is 0. The highest BCUT2D eigenvalue weighted by Crippen LogP contribution is 2.26. The Morgan fingerprint density at radius 2 is 2.21 bits per heavy atom. The number of ether oxygens (including phenoxy) is 1. The molecule has 0 aliphatic heterocycles. The summed E-state index contributed by atoms with van der Waals surface area (Å²) in [5.74, 6) is -0.843. The van der Waals surface area contributed by atoms with Crippen LogP contribution in [0.15, 0.2) is 12.5 Å². The number of hydrogen-bond donors (Lipinski definition) is 1. The molecule has 0 aromatic carbocycles. The number of carboxylic acids is 1. The van der Waals surface area contributed by atoms with Gasteiger partial charge in [-0.3, -0.25) is 4.79 Å². The van der Waals surface area contributed by atoms with Crippen molar-refractivity contribution < 1.29 is 14.6 Å². The van der Waals surface area contributed by atoms with E-state index in [1.54, 1.807) is 0 Å². The number of imidazole rings is 1. The Balaban J connectivity index is 1.77. The summed E-state index contributed by atoms with van der Waals surface area (Å²) in [5, 5.41) is 8.95. The van der Waals surface area contributed by atoms with Crippen LogP contribution in [0.4, 0.5) is 0 Å². The van der Waals surface area contributed by atoms with Gasteiger partial charge < -0.3 is 14.4 Å². The van der Waals surface area contributed by atoms with E-state index in [9.17, 15) is 4.79 Å². The summed E-state index contributed by atoms with van der Waals surface area (Å²) in [5.41, 5.74) is 1.10. The molecule has 1 aliphatic rings. The highest BCUT2D eigenvalue weighted by Gasteiger charge is 2.26. The van der Waals surface area contributed by atoms with Gasteiger partial charge in [0.15, 0.2) is 0 Å². The highest BCUT2D eigenvalue weighted by atomic mass is 16.5. The second-order valence-corrected chi connectivity index (χ2v) is 5.20. The molecule has 1 aromatic heterocycles. The van der Waals surface area contributed by atoms with Crippen LogP contribution in [0.3, 0.4) is 0 Å². The molecule has 1 N–H and O–H groups in total. The average Bonchev–Trinajstić information content (AvgIpc) is 2.85. The lowest BCUT2D eigenvalue weighted by Gasteiger charge is -2.26. The number of aliphatic carboxylic acids is 1. The Hall–Kier alpha value is -1.36. The molecule has 1 aromatic rings. The van der Waals surface area contributed by atoms with Crippen molar-refractivity contribution in [2.24, 2.45) is 5.92 Å². The van der Waals surface area contributed by atoms with E-state index in [1.165, 1.54) is 0 Å². The molecule has 2 rings (SSSR count). The maximum atomic E-state index is 10.9. The van der Waals surface area contributed by atoms with E-state index in [2.05, 4.69) is 16.5 Å². The first-order valence-corrected chi connectivity index (χ1v) is 7.04. The fourth-order valence-corrected chi connectivity index (χ4v) is 2.59. The minimum atomic E-state index is -0.667. The molecule has 5 heteroatoms. The number of aromatic nitrogens is 2. The molecule has 1 heterocycles. The van der Waals surface area contributed by atoms with E-state index in [4.69, 9.17) is 9.84 Å². The van der Waals surface area contributed by atoms with Crippen LogP contribution in [0.1, 0.15) is 44.7 Å². The summed E-state index contributed by atoms with van der Waals surface area (Å²) < 4.78 is 8.00. The lowest BCUT2D eigenvalue weighted by Crippen LogP contribution is -2.26. The Labute approximate surface area is 113 Å². The second-order valence-electron chi connectivity index (χ2n) is 5.20. The van der Waals surface area contributed by atoms with E-state index in [0.29, 0.717) is 6.61 Å². The standard InChI is InChI=1S/C14H22N2O3/c1-2-7-16-10-15-8-12(16)9-19-13-5-3-11(4-6-13)14(17)18/h8,10-11,13H,2-7,9H2,1H3,(H,17,18). The zero-order chi connectivity index (χ0) is 13.7. The summed E-state index contributed by atoms with van der Waals surface area (Å²) in [6.07, 6.45) is 8.11. The molecule has 0 atom stereocenters. The highest BCUT2D eigenvalue weighted by molar-refractivity contribution is 5.70. The number of carboxylic acid groups (broad SMARTS) is 1. The summed E-state index contributed by atoms with van der Waals surface area (Å²) in [6, 6.07) is 0. The zero-order valence-corrected chi connectivity index (χ0v) is 11.4. The predicted molar refractivity (Wildman–Crippen MR) is 70.7 cm³/mol. The average molecular weight is 266 g/mol. The normalized spacial score (nSPS) is 23.4. The molecule has 106 valence electrons. The van der Waals surface area contributed by atoms with E-state index in [1.807, 2.05) is 12.5 Å². The molecule has 0 bridgehead atoms. The van der Waals surface area contributed by atoms with Crippen molar-refractivity contribution in [1.82, 2.24) is 9.55 Å². The Bertz CT molecular complexity index is 409. The van der Waals surface area contributed by atoms with Crippen LogP contribution in [0.25, 0.3) is 0 Å². The van der Waals surface area contributed by atoms with Crippen LogP contribution < -0.4 is 0 Å². The molecule has 1 saturated carbocycles. The number of carbonyl (C=O) groups is 1. The van der Waals surface area contributed by atoms with Gasteiger partial charge in [0.05, 0.1) is 36.8 Å². The minimum Gasteiger partial charge on any atom is -0.481 e. The van der Waals surface area contributed by atoms with Crippen molar-refractivity contribution in [2.75, 3.05) is 0 Å². The number of rotatable bonds is 6. The fourth-order valence-electron chi connectivity index (χ4n) is 2.59. The molecule has 1 aliphatic carbocycles. The molecule has 0 amide bonds. The Morgan fingerprint density at radius 3 is 2.84 bits per heavy atom. The lowest BCUT2D eigenvalue weighted by atomic mass is 9.87. The van der Waals surface area contributed by atoms with Crippen molar-refractivity contribution >= 4 is 5.97 Å². The monoisotopic (exact) mass is 266 g/mol. The fraction of sp³-hybridized carbons (Fsp3) is 0.714. The van der Waals surface area contributed by atoms with Crippen LogP contribution in [0.5, 0.6) is 0 Å². The lowest BCUT2D eigenvalue weighted by molar-refractivity contribution is -0.143. The summed E-state index contributed by atoms with van der Waals surface area (Å²) in [4.78, 5) is 15.0. The second kappa shape index (κ2) is 6.70. The first kappa shape index (κ1) is 14.1. The SMILES string of the molecule is CCCn1cncc1COC1CCC(C(=O)O)CC1. The van der Waals surface area contributed by atoms with Gasteiger partial charge in [0, 0.05) is 6.54 Å². The third kappa shape index (κ3) is 3.80. The third-order valence-electron chi connectivity index (χ3n) is 3.75. The number of hydrogen-bond acceptors (Lipinski definition) is 3. The first-order valence-electron chi connectivity index (χ1n) is 7.04. The maximum absolute atomic E-state index is 10.9. The van der Waals surface area contributed by atoms with Crippen LogP contribution in [0, 0.1) is 5.92 Å². The van der Waals surface area contributed by atoms with Gasteiger partial charge in [0.1, 0.15) is 0 Å². The molecular weight excluding hydrogens is 244 g/mol. The minimum absolute atomic E-state index is 0.175. The molecule has 0 saturated heterocycles. The van der Waals surface area contributed by atoms with Gasteiger partial charge in [-0.05, 0) is 32.1 Å². The molecule has 5 nitrogen and oxygen atoms in total. The predicted octanol–water partition coefficient (Wildman–Crippen LogP) is 2.45. The smallest absolute Gasteiger partial charge is 0.306 e. The van der Waals surface area contributed by atoms with Gasteiger partial charge in [0.25, 0.3) is 0 Å². The molecule has 0 unspecified atom stereocenters. The number of aryl methyl sites for hydroxylation is 1. The van der Waals surface area contributed by atoms with E-state index in [-0.39, 0.29) is 12.0 Å². The van der Waals surface area contributed by atoms with E-state index in [0.717, 1.165) is 44.3 Å². The van der Waals surface area contributed by atoms with Gasteiger partial charge in [-0.25, -0.2) is 4.98 Å². The number of nitrogens with zero attached hydrogens (tertiary/aromatic N) is 2.